The SMILES string of the molecule is COC1=CCC(=C[C@H]2OC(=O)c3c(OC)cccc32)C=C1OC. The standard InChI is InChI=1S/C18H18O5/c1-20-13-8-7-11(10-16(13)22-3)9-15-12-5-4-6-14(21-2)17(12)18(19)23-15/h4-6,8-10,15H,7H2,1-3H3/t15-/m1/s1. The highest BCUT2D eigenvalue weighted by atomic mass is 16.6. The van der Waals surface area contributed by atoms with Gasteiger partial charge in [-0.15, -0.1) is 0 Å². The molecule has 5 heteroatoms. The van der Waals surface area contributed by atoms with Crippen molar-refractivity contribution in [2.75, 3.05) is 21.3 Å². The number of rotatable bonds is 4. The fraction of sp³-hybridized carbons (Fsp3) is 0.278. The van der Waals surface area contributed by atoms with Crippen LogP contribution in [0.4, 0.5) is 0 Å². The van der Waals surface area contributed by atoms with Gasteiger partial charge < -0.3 is 18.9 Å². The summed E-state index contributed by atoms with van der Waals surface area (Å²) in [6.45, 7) is 0. The minimum absolute atomic E-state index is 0.362. The van der Waals surface area contributed by atoms with Crippen LogP contribution < -0.4 is 4.74 Å². The number of allylic oxidation sites excluding steroid dienone is 3. The third kappa shape index (κ3) is 2.70. The fourth-order valence-corrected chi connectivity index (χ4v) is 2.80. The second-order valence-electron chi connectivity index (χ2n) is 5.18. The van der Waals surface area contributed by atoms with Gasteiger partial charge in [-0.1, -0.05) is 12.1 Å². The van der Waals surface area contributed by atoms with E-state index in [9.17, 15) is 4.79 Å². The van der Waals surface area contributed by atoms with Crippen molar-refractivity contribution in [2.24, 2.45) is 0 Å². The van der Waals surface area contributed by atoms with E-state index in [1.165, 1.54) is 0 Å². The summed E-state index contributed by atoms with van der Waals surface area (Å²) in [5.41, 5.74) is 2.31. The lowest BCUT2D eigenvalue weighted by molar-refractivity contribution is 0.0464. The Labute approximate surface area is 134 Å². The number of carbonyl (C=O) groups excluding carboxylic acids is 1. The molecule has 23 heavy (non-hydrogen) atoms. The molecule has 120 valence electrons. The molecule has 5 nitrogen and oxygen atoms in total. The lowest BCUT2D eigenvalue weighted by Gasteiger charge is -2.16. The van der Waals surface area contributed by atoms with Crippen molar-refractivity contribution < 1.29 is 23.7 Å². The van der Waals surface area contributed by atoms with E-state index in [0.717, 1.165) is 11.1 Å². The number of hydrogen-bond donors (Lipinski definition) is 0. The number of ether oxygens (including phenoxy) is 4. The van der Waals surface area contributed by atoms with Crippen LogP contribution in [0.3, 0.4) is 0 Å². The van der Waals surface area contributed by atoms with E-state index in [0.29, 0.717) is 29.3 Å². The molecule has 0 fully saturated rings. The summed E-state index contributed by atoms with van der Waals surface area (Å²) in [6.07, 6.45) is 6.02. The predicted molar refractivity (Wildman–Crippen MR) is 84.0 cm³/mol. The molecule has 1 atom stereocenters. The van der Waals surface area contributed by atoms with Crippen molar-refractivity contribution in [3.05, 3.63) is 64.6 Å². The number of fused-ring (bicyclic) bond motifs is 1. The van der Waals surface area contributed by atoms with Gasteiger partial charge in [-0.25, -0.2) is 4.79 Å². The van der Waals surface area contributed by atoms with Gasteiger partial charge in [0.05, 0.1) is 21.3 Å². The zero-order valence-electron chi connectivity index (χ0n) is 13.3. The topological polar surface area (TPSA) is 54.0 Å². The summed E-state index contributed by atoms with van der Waals surface area (Å²) in [5, 5.41) is 0. The van der Waals surface area contributed by atoms with Crippen molar-refractivity contribution in [3.63, 3.8) is 0 Å². The zero-order chi connectivity index (χ0) is 16.4. The van der Waals surface area contributed by atoms with Crippen LogP contribution in [0, 0.1) is 0 Å². The Bertz CT molecular complexity index is 727. The molecule has 1 aliphatic carbocycles. The van der Waals surface area contributed by atoms with Crippen LogP contribution in [0.5, 0.6) is 5.75 Å². The lowest BCUT2D eigenvalue weighted by Crippen LogP contribution is -2.03. The van der Waals surface area contributed by atoms with E-state index in [1.807, 2.05) is 30.4 Å². The molecule has 3 rings (SSSR count). The van der Waals surface area contributed by atoms with Gasteiger partial charge >= 0.3 is 5.97 Å². The van der Waals surface area contributed by atoms with Gasteiger partial charge in [0.2, 0.25) is 0 Å². The molecule has 0 saturated carbocycles. The summed E-state index contributed by atoms with van der Waals surface area (Å²) < 4.78 is 21.3. The van der Waals surface area contributed by atoms with Gasteiger partial charge in [0.25, 0.3) is 0 Å². The number of carbonyl (C=O) groups is 1. The molecular weight excluding hydrogens is 296 g/mol. The van der Waals surface area contributed by atoms with Crippen molar-refractivity contribution in [3.8, 4) is 5.75 Å². The minimum Gasteiger partial charge on any atom is -0.496 e. The molecule has 1 aromatic carbocycles. The second-order valence-corrected chi connectivity index (χ2v) is 5.18. The molecule has 1 aromatic rings. The Kier molecular flexibility index (Phi) is 4.10. The number of methoxy groups -OCH3 is 3. The van der Waals surface area contributed by atoms with Crippen LogP contribution in [-0.4, -0.2) is 27.3 Å². The zero-order valence-corrected chi connectivity index (χ0v) is 13.3. The summed E-state index contributed by atoms with van der Waals surface area (Å²) in [7, 11) is 4.74. The van der Waals surface area contributed by atoms with Gasteiger partial charge in [0, 0.05) is 5.56 Å². The van der Waals surface area contributed by atoms with E-state index < -0.39 is 6.10 Å². The Hall–Kier alpha value is -2.69. The first kappa shape index (κ1) is 15.2. The third-order valence-electron chi connectivity index (χ3n) is 3.91. The van der Waals surface area contributed by atoms with Crippen LogP contribution in [0.15, 0.2) is 53.5 Å². The molecule has 0 bridgehead atoms. The maximum absolute atomic E-state index is 12.1. The summed E-state index contributed by atoms with van der Waals surface area (Å²) in [6, 6.07) is 5.49. The Balaban J connectivity index is 1.93. The molecule has 0 radical (unpaired) electrons. The van der Waals surface area contributed by atoms with Crippen LogP contribution in [0.25, 0.3) is 0 Å². The quantitative estimate of drug-likeness (QED) is 0.798. The van der Waals surface area contributed by atoms with Gasteiger partial charge in [-0.3, -0.25) is 0 Å². The predicted octanol–water partition coefficient (Wildman–Crippen LogP) is 3.30. The highest BCUT2D eigenvalue weighted by Gasteiger charge is 2.33. The first-order valence-electron chi connectivity index (χ1n) is 7.26. The smallest absolute Gasteiger partial charge is 0.343 e. The Morgan fingerprint density at radius 2 is 1.91 bits per heavy atom. The van der Waals surface area contributed by atoms with E-state index >= 15 is 0 Å². The largest absolute Gasteiger partial charge is 0.496 e. The monoisotopic (exact) mass is 314 g/mol. The number of esters is 1. The van der Waals surface area contributed by atoms with Crippen molar-refractivity contribution in [1.29, 1.82) is 0 Å². The average molecular weight is 314 g/mol. The highest BCUT2D eigenvalue weighted by molar-refractivity contribution is 5.97. The second kappa shape index (κ2) is 6.20. The van der Waals surface area contributed by atoms with Crippen LogP contribution in [0.1, 0.15) is 28.4 Å². The molecule has 0 unspecified atom stereocenters. The van der Waals surface area contributed by atoms with Gasteiger partial charge in [-0.2, -0.15) is 0 Å². The summed E-state index contributed by atoms with van der Waals surface area (Å²) in [5.74, 6) is 1.53. The summed E-state index contributed by atoms with van der Waals surface area (Å²) in [4.78, 5) is 12.1. The molecule has 0 amide bonds. The molecule has 1 heterocycles. The normalized spacial score (nSPS) is 21.3. The number of benzene rings is 1. The van der Waals surface area contributed by atoms with Crippen molar-refractivity contribution in [1.82, 2.24) is 0 Å². The number of hydrogen-bond acceptors (Lipinski definition) is 5. The van der Waals surface area contributed by atoms with E-state index in [1.54, 1.807) is 27.4 Å². The third-order valence-corrected chi connectivity index (χ3v) is 3.91. The first-order valence-corrected chi connectivity index (χ1v) is 7.26. The average Bonchev–Trinajstić information content (AvgIpc) is 2.90. The molecule has 0 N–H and O–H groups in total. The fourth-order valence-electron chi connectivity index (χ4n) is 2.80. The van der Waals surface area contributed by atoms with Crippen LogP contribution in [0.2, 0.25) is 0 Å². The first-order chi connectivity index (χ1) is 11.2. The molecule has 1 aliphatic heterocycles. The Morgan fingerprint density at radius 1 is 1.13 bits per heavy atom. The molecular formula is C18H18O5. The summed E-state index contributed by atoms with van der Waals surface area (Å²) >= 11 is 0. The maximum Gasteiger partial charge on any atom is 0.343 e. The van der Waals surface area contributed by atoms with E-state index in [-0.39, 0.29) is 5.97 Å². The van der Waals surface area contributed by atoms with E-state index in [2.05, 4.69) is 0 Å². The lowest BCUT2D eigenvalue weighted by atomic mass is 9.99. The minimum atomic E-state index is -0.422. The molecule has 2 aliphatic rings. The number of cyclic esters (lactones) is 1. The van der Waals surface area contributed by atoms with Crippen LogP contribution in [-0.2, 0) is 14.2 Å². The maximum atomic E-state index is 12.1. The van der Waals surface area contributed by atoms with Crippen molar-refractivity contribution >= 4 is 5.97 Å². The molecule has 0 saturated heterocycles. The van der Waals surface area contributed by atoms with Crippen molar-refractivity contribution in [2.45, 2.75) is 12.5 Å². The molecule has 0 aromatic heterocycles. The van der Waals surface area contributed by atoms with Gasteiger partial charge in [0.1, 0.15) is 17.4 Å². The Morgan fingerprint density at radius 3 is 2.61 bits per heavy atom. The van der Waals surface area contributed by atoms with Gasteiger partial charge in [-0.05, 0) is 36.3 Å². The van der Waals surface area contributed by atoms with E-state index in [4.69, 9.17) is 18.9 Å². The molecule has 0 spiro atoms. The van der Waals surface area contributed by atoms with Crippen LogP contribution >= 0.6 is 0 Å². The van der Waals surface area contributed by atoms with Gasteiger partial charge in [0.15, 0.2) is 11.5 Å². The highest BCUT2D eigenvalue weighted by Crippen LogP contribution is 2.38.